The molecule has 1 aromatic heterocycles. The minimum Gasteiger partial charge on any atom is -0.497 e. The van der Waals surface area contributed by atoms with Crippen molar-refractivity contribution in [2.45, 2.75) is 38.3 Å². The molecule has 1 N–H and O–H groups in total. The molecule has 0 bridgehead atoms. The van der Waals surface area contributed by atoms with E-state index in [1.54, 1.807) is 38.5 Å². The van der Waals surface area contributed by atoms with E-state index in [0.717, 1.165) is 18.4 Å². The number of hydrogen-bond acceptors (Lipinski definition) is 5. The molecule has 0 spiro atoms. The highest BCUT2D eigenvalue weighted by molar-refractivity contribution is 5.77. The van der Waals surface area contributed by atoms with Crippen LogP contribution in [0, 0.1) is 0 Å². The number of para-hydroxylation sites is 1. The number of ether oxygens (including phenoxy) is 2. The molecule has 1 atom stereocenters. The molecule has 168 valence electrons. The molecule has 8 nitrogen and oxygen atoms in total. The normalized spacial score (nSPS) is 15.8. The van der Waals surface area contributed by atoms with E-state index in [9.17, 15) is 14.4 Å². The molecule has 32 heavy (non-hydrogen) atoms. The van der Waals surface area contributed by atoms with Crippen LogP contribution in [0.5, 0.6) is 11.5 Å². The zero-order valence-electron chi connectivity index (χ0n) is 18.3. The Kier molecular flexibility index (Phi) is 6.30. The van der Waals surface area contributed by atoms with Crippen molar-refractivity contribution in [3.05, 3.63) is 68.9 Å². The molecule has 0 radical (unpaired) electrons. The van der Waals surface area contributed by atoms with E-state index in [-0.39, 0.29) is 30.5 Å². The highest BCUT2D eigenvalue weighted by atomic mass is 16.5. The number of carbonyl (C=O) groups is 1. The Hall–Kier alpha value is -3.55. The lowest BCUT2D eigenvalue weighted by Crippen LogP contribution is -2.36. The highest BCUT2D eigenvalue weighted by Crippen LogP contribution is 2.39. The van der Waals surface area contributed by atoms with Crippen molar-refractivity contribution in [2.24, 2.45) is 0 Å². The number of nitrogens with one attached hydrogen (secondary N) is 1. The van der Waals surface area contributed by atoms with Crippen molar-refractivity contribution in [3.63, 3.8) is 0 Å². The molecule has 0 unspecified atom stereocenters. The van der Waals surface area contributed by atoms with Gasteiger partial charge in [-0.2, -0.15) is 0 Å². The van der Waals surface area contributed by atoms with Gasteiger partial charge in [0.05, 0.1) is 31.2 Å². The van der Waals surface area contributed by atoms with E-state index in [1.807, 2.05) is 23.1 Å². The van der Waals surface area contributed by atoms with Crippen molar-refractivity contribution in [1.29, 1.82) is 0 Å². The summed E-state index contributed by atoms with van der Waals surface area (Å²) in [7, 11) is 3.21. The van der Waals surface area contributed by atoms with E-state index in [2.05, 4.69) is 4.98 Å². The van der Waals surface area contributed by atoms with Crippen LogP contribution < -0.4 is 20.7 Å². The van der Waals surface area contributed by atoms with Crippen LogP contribution >= 0.6 is 0 Å². The molecule has 0 aliphatic carbocycles. The van der Waals surface area contributed by atoms with Gasteiger partial charge in [-0.25, -0.2) is 4.79 Å². The lowest BCUT2D eigenvalue weighted by molar-refractivity contribution is -0.132. The predicted octanol–water partition coefficient (Wildman–Crippen LogP) is 2.85. The zero-order valence-corrected chi connectivity index (χ0v) is 18.3. The molecule has 1 amide bonds. The van der Waals surface area contributed by atoms with Gasteiger partial charge in [0.2, 0.25) is 5.91 Å². The van der Waals surface area contributed by atoms with Crippen molar-refractivity contribution in [3.8, 4) is 11.5 Å². The summed E-state index contributed by atoms with van der Waals surface area (Å²) in [4.78, 5) is 42.6. The first-order chi connectivity index (χ1) is 15.5. The smallest absolute Gasteiger partial charge is 0.328 e. The van der Waals surface area contributed by atoms with Crippen LogP contribution in [0.1, 0.15) is 37.3 Å². The van der Waals surface area contributed by atoms with Crippen molar-refractivity contribution in [2.75, 3.05) is 20.8 Å². The van der Waals surface area contributed by atoms with Gasteiger partial charge in [-0.1, -0.05) is 12.1 Å². The molecular formula is C24H27N3O5. The van der Waals surface area contributed by atoms with Gasteiger partial charge in [-0.3, -0.25) is 14.2 Å². The minimum absolute atomic E-state index is 0.00985. The minimum atomic E-state index is -0.455. The van der Waals surface area contributed by atoms with Crippen LogP contribution in [0.25, 0.3) is 10.9 Å². The zero-order chi connectivity index (χ0) is 22.7. The average molecular weight is 437 g/mol. The molecule has 2 heterocycles. The fourth-order valence-electron chi connectivity index (χ4n) is 4.42. The van der Waals surface area contributed by atoms with Crippen LogP contribution in [0.4, 0.5) is 0 Å². The number of hydrogen-bond donors (Lipinski definition) is 1. The lowest BCUT2D eigenvalue weighted by atomic mass is 10.0. The molecule has 1 saturated heterocycles. The Balaban J connectivity index is 1.46. The van der Waals surface area contributed by atoms with Gasteiger partial charge in [0.1, 0.15) is 11.5 Å². The number of rotatable bonds is 7. The monoisotopic (exact) mass is 437 g/mol. The standard InChI is InChI=1S/C24H27N3O5/c1-31-16-11-12-18(21(15-16)32-2)20-9-5-13-26(20)22(28)10-6-14-27-23(29)17-7-3-4-8-19(17)25-24(27)30/h3-4,7-8,11-12,15,20H,5-6,9-10,13-14H2,1-2H3,(H,25,30)/t20-/m0/s1. The Bertz CT molecular complexity index is 1250. The number of likely N-dealkylation sites (tertiary alicyclic amines) is 1. The lowest BCUT2D eigenvalue weighted by Gasteiger charge is -2.26. The van der Waals surface area contributed by atoms with Gasteiger partial charge in [0, 0.05) is 31.1 Å². The molecule has 1 fully saturated rings. The fourth-order valence-corrected chi connectivity index (χ4v) is 4.42. The third-order valence-electron chi connectivity index (χ3n) is 6.03. The van der Waals surface area contributed by atoms with E-state index < -0.39 is 5.69 Å². The molecular weight excluding hydrogens is 410 g/mol. The van der Waals surface area contributed by atoms with Crippen LogP contribution in [-0.2, 0) is 11.3 Å². The van der Waals surface area contributed by atoms with Gasteiger partial charge in [0.25, 0.3) is 5.56 Å². The first-order valence-electron chi connectivity index (χ1n) is 10.8. The summed E-state index contributed by atoms with van der Waals surface area (Å²) >= 11 is 0. The Morgan fingerprint density at radius 1 is 1.12 bits per heavy atom. The highest BCUT2D eigenvalue weighted by Gasteiger charge is 2.31. The largest absolute Gasteiger partial charge is 0.497 e. The Morgan fingerprint density at radius 3 is 2.72 bits per heavy atom. The average Bonchev–Trinajstić information content (AvgIpc) is 3.30. The maximum Gasteiger partial charge on any atom is 0.328 e. The maximum absolute atomic E-state index is 13.0. The van der Waals surface area contributed by atoms with E-state index in [4.69, 9.17) is 9.47 Å². The number of fused-ring (bicyclic) bond motifs is 1. The molecule has 8 heteroatoms. The van der Waals surface area contributed by atoms with Crippen molar-refractivity contribution in [1.82, 2.24) is 14.5 Å². The first-order valence-corrected chi connectivity index (χ1v) is 10.8. The molecule has 4 rings (SSSR count). The Labute approximate surface area is 185 Å². The second-order valence-corrected chi connectivity index (χ2v) is 7.89. The second kappa shape index (κ2) is 9.30. The van der Waals surface area contributed by atoms with E-state index >= 15 is 0 Å². The first kappa shape index (κ1) is 21.7. The molecule has 2 aromatic carbocycles. The molecule has 3 aromatic rings. The molecule has 1 aliphatic rings. The summed E-state index contributed by atoms with van der Waals surface area (Å²) in [5, 5.41) is 0.463. The topological polar surface area (TPSA) is 93.6 Å². The third kappa shape index (κ3) is 4.12. The van der Waals surface area contributed by atoms with Gasteiger partial charge in [-0.15, -0.1) is 0 Å². The summed E-state index contributed by atoms with van der Waals surface area (Å²) in [6.07, 6.45) is 2.43. The number of aromatic nitrogens is 2. The summed E-state index contributed by atoms with van der Waals surface area (Å²) < 4.78 is 12.0. The summed E-state index contributed by atoms with van der Waals surface area (Å²) in [6.45, 7) is 0.865. The Morgan fingerprint density at radius 2 is 1.94 bits per heavy atom. The maximum atomic E-state index is 13.0. The van der Waals surface area contributed by atoms with E-state index in [0.29, 0.717) is 35.4 Å². The molecule has 1 aliphatic heterocycles. The summed E-state index contributed by atoms with van der Waals surface area (Å²) in [6, 6.07) is 12.5. The summed E-state index contributed by atoms with van der Waals surface area (Å²) in [5.74, 6) is 1.41. The predicted molar refractivity (Wildman–Crippen MR) is 121 cm³/mol. The van der Waals surface area contributed by atoms with Gasteiger partial charge in [-0.05, 0) is 43.5 Å². The second-order valence-electron chi connectivity index (χ2n) is 7.89. The van der Waals surface area contributed by atoms with E-state index in [1.165, 1.54) is 4.57 Å². The van der Waals surface area contributed by atoms with Crippen LogP contribution in [-0.4, -0.2) is 41.1 Å². The third-order valence-corrected chi connectivity index (χ3v) is 6.03. The number of aromatic amines is 1. The number of amides is 1. The number of benzene rings is 2. The van der Waals surface area contributed by atoms with Gasteiger partial charge < -0.3 is 19.4 Å². The number of H-pyrrole nitrogens is 1. The SMILES string of the molecule is COc1ccc([C@@H]2CCCN2C(=O)CCCn2c(=O)[nH]c3ccccc3c2=O)c(OC)c1. The number of methoxy groups -OCH3 is 2. The van der Waals surface area contributed by atoms with Crippen LogP contribution in [0.15, 0.2) is 52.1 Å². The van der Waals surface area contributed by atoms with Gasteiger partial charge >= 0.3 is 5.69 Å². The van der Waals surface area contributed by atoms with Crippen molar-refractivity contribution >= 4 is 16.8 Å². The van der Waals surface area contributed by atoms with Crippen LogP contribution in [0.3, 0.4) is 0 Å². The number of nitrogens with zero attached hydrogens (tertiary/aromatic N) is 2. The quantitative estimate of drug-likeness (QED) is 0.614. The van der Waals surface area contributed by atoms with Crippen molar-refractivity contribution < 1.29 is 14.3 Å². The fraction of sp³-hybridized carbons (Fsp3) is 0.375. The van der Waals surface area contributed by atoms with Gasteiger partial charge in [0.15, 0.2) is 0 Å². The van der Waals surface area contributed by atoms with Crippen LogP contribution in [0.2, 0.25) is 0 Å². The molecule has 0 saturated carbocycles. The number of carbonyl (C=O) groups excluding carboxylic acids is 1. The summed E-state index contributed by atoms with van der Waals surface area (Å²) in [5.41, 5.74) is 0.687.